The summed E-state index contributed by atoms with van der Waals surface area (Å²) >= 11 is 0. The summed E-state index contributed by atoms with van der Waals surface area (Å²) < 4.78 is 37.7. The van der Waals surface area contributed by atoms with Crippen molar-refractivity contribution in [3.63, 3.8) is 0 Å². The smallest absolute Gasteiger partial charge is 0.189 e. The molecule has 0 saturated heterocycles. The maximum atomic E-state index is 10.3. The van der Waals surface area contributed by atoms with E-state index in [1.165, 1.54) is 0 Å². The number of ether oxygens (including phenoxy) is 7. The lowest BCUT2D eigenvalue weighted by molar-refractivity contribution is -0.205. The van der Waals surface area contributed by atoms with E-state index in [1.807, 2.05) is 37.3 Å². The van der Waals surface area contributed by atoms with Crippen LogP contribution in [0.15, 0.2) is 30.3 Å². The molecular formula is C22H38O8. The predicted molar refractivity (Wildman–Crippen MR) is 113 cm³/mol. The minimum atomic E-state index is -1.32. The molecule has 0 bridgehead atoms. The number of hydrogen-bond donors (Lipinski definition) is 1. The molecule has 0 spiro atoms. The first-order valence-electron chi connectivity index (χ1n) is 10.5. The van der Waals surface area contributed by atoms with Gasteiger partial charge in [0.05, 0.1) is 79.3 Å². The fourth-order valence-corrected chi connectivity index (χ4v) is 2.37. The van der Waals surface area contributed by atoms with E-state index in [4.69, 9.17) is 33.2 Å². The van der Waals surface area contributed by atoms with Crippen LogP contribution in [0, 0.1) is 0 Å². The molecule has 0 aliphatic carbocycles. The molecular weight excluding hydrogens is 392 g/mol. The molecule has 0 aliphatic rings. The Balaban J connectivity index is 1.78. The van der Waals surface area contributed by atoms with E-state index in [9.17, 15) is 5.11 Å². The summed E-state index contributed by atoms with van der Waals surface area (Å²) in [5, 5.41) is 10.3. The van der Waals surface area contributed by atoms with Crippen LogP contribution in [0.4, 0.5) is 0 Å². The summed E-state index contributed by atoms with van der Waals surface area (Å²) in [5.41, 5.74) is 0.713. The Morgan fingerprint density at radius 3 is 1.37 bits per heavy atom. The van der Waals surface area contributed by atoms with Crippen LogP contribution in [0.25, 0.3) is 0 Å². The lowest BCUT2D eigenvalue weighted by atomic mass is 10.1. The average Bonchev–Trinajstić information content (AvgIpc) is 2.76. The summed E-state index contributed by atoms with van der Waals surface area (Å²) in [6, 6.07) is 9.26. The highest BCUT2D eigenvalue weighted by Gasteiger charge is 2.22. The SMILES string of the molecule is CCOCCOCCOCCOCCOCCOCCOC(C)(O)c1ccccc1. The van der Waals surface area contributed by atoms with Crippen molar-refractivity contribution in [1.29, 1.82) is 0 Å². The third kappa shape index (κ3) is 14.8. The minimum absolute atomic E-state index is 0.294. The van der Waals surface area contributed by atoms with Gasteiger partial charge in [-0.25, -0.2) is 0 Å². The van der Waals surface area contributed by atoms with Crippen molar-refractivity contribution in [2.24, 2.45) is 0 Å². The Hall–Kier alpha value is -1.10. The second kappa shape index (κ2) is 18.7. The van der Waals surface area contributed by atoms with E-state index in [-0.39, 0.29) is 0 Å². The van der Waals surface area contributed by atoms with Crippen LogP contribution < -0.4 is 0 Å². The van der Waals surface area contributed by atoms with Gasteiger partial charge in [-0.15, -0.1) is 0 Å². The Bertz CT molecular complexity index is 483. The maximum absolute atomic E-state index is 10.3. The molecule has 0 heterocycles. The molecule has 174 valence electrons. The Morgan fingerprint density at radius 2 is 0.967 bits per heavy atom. The van der Waals surface area contributed by atoms with Crippen molar-refractivity contribution < 1.29 is 38.3 Å². The third-order valence-corrected chi connectivity index (χ3v) is 3.98. The van der Waals surface area contributed by atoms with Crippen LogP contribution in [0.5, 0.6) is 0 Å². The Morgan fingerprint density at radius 1 is 0.600 bits per heavy atom. The van der Waals surface area contributed by atoms with Gasteiger partial charge in [-0.3, -0.25) is 0 Å². The highest BCUT2D eigenvalue weighted by Crippen LogP contribution is 2.21. The fraction of sp³-hybridized carbons (Fsp3) is 0.727. The highest BCUT2D eigenvalue weighted by molar-refractivity contribution is 5.18. The quantitative estimate of drug-likeness (QED) is 0.234. The minimum Gasteiger partial charge on any atom is -0.379 e. The molecule has 1 aromatic carbocycles. The van der Waals surface area contributed by atoms with Gasteiger partial charge in [0.25, 0.3) is 0 Å². The molecule has 0 radical (unpaired) electrons. The molecule has 0 aliphatic heterocycles. The zero-order chi connectivity index (χ0) is 21.8. The Kier molecular flexibility index (Phi) is 16.7. The van der Waals surface area contributed by atoms with Crippen LogP contribution in [-0.2, 0) is 38.9 Å². The largest absolute Gasteiger partial charge is 0.379 e. The normalized spacial score (nSPS) is 13.4. The van der Waals surface area contributed by atoms with Gasteiger partial charge >= 0.3 is 0 Å². The standard InChI is InChI=1S/C22H38O8/c1-3-24-9-10-25-11-12-26-13-14-27-15-16-28-17-18-29-19-20-30-22(2,23)21-7-5-4-6-8-21/h4-8,23H,3,9-20H2,1-2H3. The Labute approximate surface area is 180 Å². The molecule has 1 rings (SSSR count). The summed E-state index contributed by atoms with van der Waals surface area (Å²) in [7, 11) is 0. The molecule has 1 unspecified atom stereocenters. The zero-order valence-corrected chi connectivity index (χ0v) is 18.4. The van der Waals surface area contributed by atoms with E-state index in [0.717, 1.165) is 0 Å². The van der Waals surface area contributed by atoms with Crippen LogP contribution in [0.2, 0.25) is 0 Å². The van der Waals surface area contributed by atoms with Gasteiger partial charge in [-0.05, 0) is 13.8 Å². The molecule has 30 heavy (non-hydrogen) atoms. The highest BCUT2D eigenvalue weighted by atomic mass is 16.6. The average molecular weight is 431 g/mol. The monoisotopic (exact) mass is 430 g/mol. The second-order valence-corrected chi connectivity index (χ2v) is 6.46. The van der Waals surface area contributed by atoms with Crippen molar-refractivity contribution in [1.82, 2.24) is 0 Å². The van der Waals surface area contributed by atoms with Crippen molar-refractivity contribution >= 4 is 0 Å². The van der Waals surface area contributed by atoms with Crippen molar-refractivity contribution in [3.05, 3.63) is 35.9 Å². The molecule has 0 saturated carbocycles. The summed E-state index contributed by atoms with van der Waals surface area (Å²) in [5.74, 6) is -1.32. The lowest BCUT2D eigenvalue weighted by Crippen LogP contribution is -2.27. The van der Waals surface area contributed by atoms with E-state index < -0.39 is 5.79 Å². The van der Waals surface area contributed by atoms with Gasteiger partial charge in [-0.2, -0.15) is 0 Å². The number of rotatable bonds is 21. The van der Waals surface area contributed by atoms with Gasteiger partial charge in [0, 0.05) is 12.2 Å². The van der Waals surface area contributed by atoms with Gasteiger partial charge in [0.1, 0.15) is 0 Å². The molecule has 8 nitrogen and oxygen atoms in total. The van der Waals surface area contributed by atoms with Crippen LogP contribution >= 0.6 is 0 Å². The van der Waals surface area contributed by atoms with E-state index in [2.05, 4.69) is 0 Å². The summed E-state index contributed by atoms with van der Waals surface area (Å²) in [6.45, 7) is 10.3. The van der Waals surface area contributed by atoms with E-state index in [1.54, 1.807) is 6.92 Å². The van der Waals surface area contributed by atoms with Crippen molar-refractivity contribution in [3.8, 4) is 0 Å². The molecule has 0 fully saturated rings. The molecule has 1 N–H and O–H groups in total. The first kappa shape index (κ1) is 26.9. The van der Waals surface area contributed by atoms with Crippen LogP contribution in [0.3, 0.4) is 0 Å². The van der Waals surface area contributed by atoms with E-state index >= 15 is 0 Å². The predicted octanol–water partition coefficient (Wildman–Crippen LogP) is 1.99. The zero-order valence-electron chi connectivity index (χ0n) is 18.4. The number of benzene rings is 1. The molecule has 8 heteroatoms. The maximum Gasteiger partial charge on any atom is 0.189 e. The summed E-state index contributed by atoms with van der Waals surface area (Å²) in [6.07, 6.45) is 0. The van der Waals surface area contributed by atoms with E-state index in [0.29, 0.717) is 91.5 Å². The summed E-state index contributed by atoms with van der Waals surface area (Å²) in [4.78, 5) is 0. The third-order valence-electron chi connectivity index (χ3n) is 3.98. The van der Waals surface area contributed by atoms with Crippen molar-refractivity contribution in [2.75, 3.05) is 85.9 Å². The van der Waals surface area contributed by atoms with Gasteiger partial charge < -0.3 is 38.3 Å². The molecule has 0 amide bonds. The number of hydrogen-bond acceptors (Lipinski definition) is 8. The van der Waals surface area contributed by atoms with Crippen molar-refractivity contribution in [2.45, 2.75) is 19.6 Å². The second-order valence-electron chi connectivity index (χ2n) is 6.46. The lowest BCUT2D eigenvalue weighted by Gasteiger charge is -2.24. The molecule has 1 aromatic rings. The fourth-order valence-electron chi connectivity index (χ4n) is 2.37. The van der Waals surface area contributed by atoms with Crippen LogP contribution in [-0.4, -0.2) is 91.0 Å². The van der Waals surface area contributed by atoms with Gasteiger partial charge in [0.2, 0.25) is 0 Å². The van der Waals surface area contributed by atoms with Crippen LogP contribution in [0.1, 0.15) is 19.4 Å². The molecule has 0 aromatic heterocycles. The topological polar surface area (TPSA) is 84.8 Å². The molecule has 1 atom stereocenters. The first-order valence-corrected chi connectivity index (χ1v) is 10.5. The number of aliphatic hydroxyl groups is 1. The van der Waals surface area contributed by atoms with Gasteiger partial charge in [-0.1, -0.05) is 30.3 Å². The first-order chi connectivity index (χ1) is 14.7. The van der Waals surface area contributed by atoms with Gasteiger partial charge in [0.15, 0.2) is 5.79 Å².